The smallest absolute Gasteiger partial charge is 0.359 e. The number of ether oxygens (including phenoxy) is 2. The third-order valence-electron chi connectivity index (χ3n) is 4.06. The molecule has 3 rings (SSSR count). The molecule has 0 N–H and O–H groups in total. The molecule has 124 valence electrons. The fourth-order valence-corrected chi connectivity index (χ4v) is 2.84. The largest absolute Gasteiger partial charge is 0.461 e. The predicted octanol–water partition coefficient (Wildman–Crippen LogP) is 2.31. The zero-order chi connectivity index (χ0) is 16.2. The van der Waals surface area contributed by atoms with Crippen LogP contribution in [0.15, 0.2) is 18.7 Å². The summed E-state index contributed by atoms with van der Waals surface area (Å²) in [4.78, 5) is 16.2. The second kappa shape index (κ2) is 6.95. The number of rotatable bonds is 5. The van der Waals surface area contributed by atoms with Crippen molar-refractivity contribution >= 4 is 5.97 Å². The molecule has 2 aromatic rings. The Balaban J connectivity index is 1.97. The highest BCUT2D eigenvalue weighted by Crippen LogP contribution is 2.27. The van der Waals surface area contributed by atoms with Crippen LogP contribution in [0.1, 0.15) is 54.2 Å². The molecule has 1 aliphatic rings. The van der Waals surface area contributed by atoms with E-state index in [2.05, 4.69) is 10.1 Å². The highest BCUT2D eigenvalue weighted by atomic mass is 16.5. The summed E-state index contributed by atoms with van der Waals surface area (Å²) < 4.78 is 14.8. The molecule has 1 unspecified atom stereocenters. The van der Waals surface area contributed by atoms with Crippen molar-refractivity contribution in [2.45, 2.75) is 45.9 Å². The Kier molecular flexibility index (Phi) is 4.76. The molecule has 7 heteroatoms. The number of esters is 1. The van der Waals surface area contributed by atoms with E-state index in [4.69, 9.17) is 9.47 Å². The molecule has 7 nitrogen and oxygen atoms in total. The van der Waals surface area contributed by atoms with Gasteiger partial charge in [0.1, 0.15) is 0 Å². The average Bonchev–Trinajstić information content (AvgIpc) is 3.18. The molecule has 0 amide bonds. The maximum Gasteiger partial charge on any atom is 0.359 e. The number of nitrogens with zero attached hydrogens (tertiary/aromatic N) is 4. The Hall–Kier alpha value is -2.15. The molecular weight excluding hydrogens is 296 g/mol. The van der Waals surface area contributed by atoms with E-state index in [0.29, 0.717) is 18.8 Å². The lowest BCUT2D eigenvalue weighted by atomic mass is 10.1. The van der Waals surface area contributed by atoms with Gasteiger partial charge >= 0.3 is 5.97 Å². The van der Waals surface area contributed by atoms with Crippen LogP contribution in [-0.4, -0.2) is 38.5 Å². The van der Waals surface area contributed by atoms with Gasteiger partial charge in [0.05, 0.1) is 25.2 Å². The first-order chi connectivity index (χ1) is 11.2. The maximum absolute atomic E-state index is 12.2. The summed E-state index contributed by atoms with van der Waals surface area (Å²) in [6.07, 6.45) is 8.33. The number of carbonyl (C=O) groups is 1. The summed E-state index contributed by atoms with van der Waals surface area (Å²) in [7, 11) is 0. The lowest BCUT2D eigenvalue weighted by Crippen LogP contribution is -2.22. The van der Waals surface area contributed by atoms with Crippen molar-refractivity contribution in [1.82, 2.24) is 19.3 Å². The van der Waals surface area contributed by atoms with Crippen molar-refractivity contribution in [2.24, 2.45) is 0 Å². The van der Waals surface area contributed by atoms with E-state index < -0.39 is 0 Å². The summed E-state index contributed by atoms with van der Waals surface area (Å²) >= 11 is 0. The third kappa shape index (κ3) is 3.29. The molecule has 0 aliphatic carbocycles. The molecule has 1 aliphatic heterocycles. The lowest BCUT2D eigenvalue weighted by molar-refractivity contribution is -0.0414. The maximum atomic E-state index is 12.2. The standard InChI is InChI=1S/C16H22N4O3/c1-3-22-16(21)15-12(2)13(10-19-8-7-17-11-19)20(18-15)14-6-4-5-9-23-14/h7-8,11,14H,3-6,9-10H2,1-2H3. The molecule has 0 spiro atoms. The third-order valence-corrected chi connectivity index (χ3v) is 4.06. The van der Waals surface area contributed by atoms with Gasteiger partial charge in [0.25, 0.3) is 0 Å². The number of hydrogen-bond donors (Lipinski definition) is 0. The minimum Gasteiger partial charge on any atom is -0.461 e. The van der Waals surface area contributed by atoms with Crippen LogP contribution in [-0.2, 0) is 16.0 Å². The van der Waals surface area contributed by atoms with Gasteiger partial charge in [-0.15, -0.1) is 0 Å². The number of imidazole rings is 1. The Bertz CT molecular complexity index is 657. The number of carbonyl (C=O) groups excluding carboxylic acids is 1. The summed E-state index contributed by atoms with van der Waals surface area (Å²) in [5.41, 5.74) is 2.17. The fourth-order valence-electron chi connectivity index (χ4n) is 2.84. The van der Waals surface area contributed by atoms with Crippen LogP contribution >= 0.6 is 0 Å². The van der Waals surface area contributed by atoms with Gasteiger partial charge in [-0.2, -0.15) is 5.10 Å². The molecular formula is C16H22N4O3. The second-order valence-corrected chi connectivity index (χ2v) is 5.64. The summed E-state index contributed by atoms with van der Waals surface area (Å²) in [5, 5.41) is 4.52. The molecule has 0 saturated carbocycles. The number of aromatic nitrogens is 4. The van der Waals surface area contributed by atoms with E-state index in [0.717, 1.165) is 37.1 Å². The normalized spacial score (nSPS) is 18.1. The van der Waals surface area contributed by atoms with E-state index in [9.17, 15) is 4.79 Å². The topological polar surface area (TPSA) is 71.2 Å². The van der Waals surface area contributed by atoms with Gasteiger partial charge in [-0.05, 0) is 33.1 Å². The molecule has 1 atom stereocenters. The van der Waals surface area contributed by atoms with Crippen molar-refractivity contribution in [3.05, 3.63) is 35.7 Å². The Morgan fingerprint density at radius 2 is 2.35 bits per heavy atom. The quantitative estimate of drug-likeness (QED) is 0.791. The van der Waals surface area contributed by atoms with Crippen LogP contribution in [0.2, 0.25) is 0 Å². The van der Waals surface area contributed by atoms with Crippen LogP contribution in [0, 0.1) is 6.92 Å². The SMILES string of the molecule is CCOC(=O)c1nn(C2CCCCO2)c(Cn2ccnc2)c1C. The zero-order valence-electron chi connectivity index (χ0n) is 13.6. The van der Waals surface area contributed by atoms with Crippen molar-refractivity contribution in [3.8, 4) is 0 Å². The molecule has 0 bridgehead atoms. The predicted molar refractivity (Wildman–Crippen MR) is 83.1 cm³/mol. The van der Waals surface area contributed by atoms with Crippen LogP contribution in [0.4, 0.5) is 0 Å². The van der Waals surface area contributed by atoms with Crippen LogP contribution < -0.4 is 0 Å². The van der Waals surface area contributed by atoms with Gasteiger partial charge < -0.3 is 14.0 Å². The second-order valence-electron chi connectivity index (χ2n) is 5.64. The molecule has 23 heavy (non-hydrogen) atoms. The molecule has 3 heterocycles. The monoisotopic (exact) mass is 318 g/mol. The number of hydrogen-bond acceptors (Lipinski definition) is 5. The summed E-state index contributed by atoms with van der Waals surface area (Å²) in [5.74, 6) is -0.383. The van der Waals surface area contributed by atoms with Crippen LogP contribution in [0.5, 0.6) is 0 Å². The highest BCUT2D eigenvalue weighted by Gasteiger charge is 2.26. The Morgan fingerprint density at radius 3 is 3.00 bits per heavy atom. The summed E-state index contributed by atoms with van der Waals surface area (Å²) in [6, 6.07) is 0. The van der Waals surface area contributed by atoms with Crippen molar-refractivity contribution in [1.29, 1.82) is 0 Å². The van der Waals surface area contributed by atoms with E-state index in [-0.39, 0.29) is 12.2 Å². The van der Waals surface area contributed by atoms with Gasteiger partial charge in [-0.25, -0.2) is 14.5 Å². The van der Waals surface area contributed by atoms with E-state index in [1.165, 1.54) is 0 Å². The summed E-state index contributed by atoms with van der Waals surface area (Å²) in [6.45, 7) is 5.36. The molecule has 1 fully saturated rings. The average molecular weight is 318 g/mol. The van der Waals surface area contributed by atoms with Crippen molar-refractivity contribution in [3.63, 3.8) is 0 Å². The van der Waals surface area contributed by atoms with Gasteiger partial charge in [0.2, 0.25) is 0 Å². The van der Waals surface area contributed by atoms with Gasteiger partial charge in [-0.3, -0.25) is 0 Å². The molecule has 2 aromatic heterocycles. The fraction of sp³-hybridized carbons (Fsp3) is 0.562. The lowest BCUT2D eigenvalue weighted by Gasteiger charge is -2.24. The van der Waals surface area contributed by atoms with Crippen molar-refractivity contribution in [2.75, 3.05) is 13.2 Å². The van der Waals surface area contributed by atoms with Gasteiger partial charge in [0, 0.05) is 24.6 Å². The molecule has 1 saturated heterocycles. The first kappa shape index (κ1) is 15.7. The minimum absolute atomic E-state index is 0.121. The first-order valence-electron chi connectivity index (χ1n) is 8.03. The highest BCUT2D eigenvalue weighted by molar-refractivity contribution is 5.89. The zero-order valence-corrected chi connectivity index (χ0v) is 13.6. The van der Waals surface area contributed by atoms with Crippen molar-refractivity contribution < 1.29 is 14.3 Å². The molecule has 0 radical (unpaired) electrons. The van der Waals surface area contributed by atoms with E-state index in [1.807, 2.05) is 22.4 Å². The molecule has 0 aromatic carbocycles. The van der Waals surface area contributed by atoms with E-state index in [1.54, 1.807) is 19.4 Å². The Labute approximate surface area is 135 Å². The van der Waals surface area contributed by atoms with Crippen LogP contribution in [0.3, 0.4) is 0 Å². The van der Waals surface area contributed by atoms with Crippen LogP contribution in [0.25, 0.3) is 0 Å². The van der Waals surface area contributed by atoms with Gasteiger partial charge in [-0.1, -0.05) is 0 Å². The minimum atomic E-state index is -0.383. The Morgan fingerprint density at radius 1 is 1.48 bits per heavy atom. The van der Waals surface area contributed by atoms with Gasteiger partial charge in [0.15, 0.2) is 11.9 Å². The first-order valence-corrected chi connectivity index (χ1v) is 8.03. The van der Waals surface area contributed by atoms with E-state index >= 15 is 0 Å².